The van der Waals surface area contributed by atoms with Crippen molar-refractivity contribution < 1.29 is 23.4 Å². The Bertz CT molecular complexity index is 1420. The van der Waals surface area contributed by atoms with E-state index < -0.39 is 0 Å². The van der Waals surface area contributed by atoms with Crippen molar-refractivity contribution in [1.82, 2.24) is 0 Å². The molecule has 6 heteroatoms. The molecule has 186 valence electrons. The SMILES string of the molecule is CCOc1cc2occ(-c3cc(OC)ccc3OC)c2cc1/C(C)=C/C(=O)Nc1ccccc1CC. The molecule has 6 nitrogen and oxygen atoms in total. The van der Waals surface area contributed by atoms with Crippen LogP contribution in [0, 0.1) is 0 Å². The predicted octanol–water partition coefficient (Wildman–Crippen LogP) is 7.12. The van der Waals surface area contributed by atoms with E-state index in [-0.39, 0.29) is 5.91 Å². The maximum absolute atomic E-state index is 12.9. The number of benzene rings is 3. The van der Waals surface area contributed by atoms with Crippen molar-refractivity contribution in [3.63, 3.8) is 0 Å². The van der Waals surface area contributed by atoms with Crippen LogP contribution in [0.2, 0.25) is 0 Å². The molecule has 0 bridgehead atoms. The molecule has 1 aromatic heterocycles. The van der Waals surface area contributed by atoms with Crippen molar-refractivity contribution in [2.75, 3.05) is 26.1 Å². The fourth-order valence-corrected chi connectivity index (χ4v) is 4.27. The fraction of sp³-hybridized carbons (Fsp3) is 0.233. The number of carbonyl (C=O) groups is 1. The minimum Gasteiger partial charge on any atom is -0.497 e. The zero-order valence-corrected chi connectivity index (χ0v) is 21.3. The molecule has 0 spiro atoms. The maximum Gasteiger partial charge on any atom is 0.248 e. The van der Waals surface area contributed by atoms with Crippen LogP contribution in [0.3, 0.4) is 0 Å². The van der Waals surface area contributed by atoms with Crippen LogP contribution in [0.5, 0.6) is 17.2 Å². The molecule has 0 saturated heterocycles. The van der Waals surface area contributed by atoms with Gasteiger partial charge in [-0.2, -0.15) is 0 Å². The van der Waals surface area contributed by atoms with E-state index in [2.05, 4.69) is 12.2 Å². The molecule has 0 saturated carbocycles. The summed E-state index contributed by atoms with van der Waals surface area (Å²) in [7, 11) is 3.26. The highest BCUT2D eigenvalue weighted by Gasteiger charge is 2.18. The van der Waals surface area contributed by atoms with Crippen LogP contribution in [-0.2, 0) is 11.2 Å². The van der Waals surface area contributed by atoms with Crippen LogP contribution < -0.4 is 19.5 Å². The highest BCUT2D eigenvalue weighted by molar-refractivity contribution is 6.06. The van der Waals surface area contributed by atoms with Crippen LogP contribution in [0.1, 0.15) is 31.9 Å². The molecular weight excluding hydrogens is 454 g/mol. The second-order valence-electron chi connectivity index (χ2n) is 8.32. The molecule has 0 atom stereocenters. The maximum atomic E-state index is 12.9. The normalized spacial score (nSPS) is 11.4. The third-order valence-corrected chi connectivity index (χ3v) is 6.10. The summed E-state index contributed by atoms with van der Waals surface area (Å²) in [4.78, 5) is 12.9. The molecule has 3 aromatic carbocycles. The van der Waals surface area contributed by atoms with Gasteiger partial charge in [-0.25, -0.2) is 0 Å². The molecule has 0 fully saturated rings. The zero-order valence-electron chi connectivity index (χ0n) is 21.3. The number of nitrogens with one attached hydrogen (secondary N) is 1. The summed E-state index contributed by atoms with van der Waals surface area (Å²) in [6, 6.07) is 17.3. The molecule has 1 amide bonds. The first kappa shape index (κ1) is 24.9. The number of carbonyl (C=O) groups excluding carboxylic acids is 1. The van der Waals surface area contributed by atoms with Gasteiger partial charge in [0.1, 0.15) is 22.8 Å². The van der Waals surface area contributed by atoms with Crippen LogP contribution in [0.4, 0.5) is 5.69 Å². The van der Waals surface area contributed by atoms with Gasteiger partial charge in [-0.1, -0.05) is 25.1 Å². The first-order valence-corrected chi connectivity index (χ1v) is 12.0. The van der Waals surface area contributed by atoms with E-state index in [4.69, 9.17) is 18.6 Å². The van der Waals surface area contributed by atoms with Crippen molar-refractivity contribution in [3.05, 3.63) is 78.1 Å². The molecule has 4 rings (SSSR count). The lowest BCUT2D eigenvalue weighted by molar-refractivity contribution is -0.111. The zero-order chi connectivity index (χ0) is 25.7. The summed E-state index contributed by atoms with van der Waals surface area (Å²) in [6.07, 6.45) is 4.14. The number of fused-ring (bicyclic) bond motifs is 1. The molecule has 0 radical (unpaired) electrons. The van der Waals surface area contributed by atoms with E-state index in [0.717, 1.165) is 45.3 Å². The van der Waals surface area contributed by atoms with E-state index >= 15 is 0 Å². The summed E-state index contributed by atoms with van der Waals surface area (Å²) in [6.45, 7) is 6.38. The number of para-hydroxylation sites is 1. The van der Waals surface area contributed by atoms with Gasteiger partial charge in [0.15, 0.2) is 0 Å². The van der Waals surface area contributed by atoms with Gasteiger partial charge in [-0.3, -0.25) is 4.79 Å². The number of furan rings is 1. The Labute approximate surface area is 211 Å². The highest BCUT2D eigenvalue weighted by atomic mass is 16.5. The largest absolute Gasteiger partial charge is 0.497 e. The Morgan fingerprint density at radius 2 is 1.78 bits per heavy atom. The molecular formula is C30H31NO5. The van der Waals surface area contributed by atoms with Crippen molar-refractivity contribution >= 4 is 28.1 Å². The van der Waals surface area contributed by atoms with Gasteiger partial charge in [-0.05, 0) is 61.7 Å². The summed E-state index contributed by atoms with van der Waals surface area (Å²) in [5.41, 5.74) is 5.88. The van der Waals surface area contributed by atoms with E-state index in [1.54, 1.807) is 26.6 Å². The number of ether oxygens (including phenoxy) is 3. The van der Waals surface area contributed by atoms with Gasteiger partial charge >= 0.3 is 0 Å². The summed E-state index contributed by atoms with van der Waals surface area (Å²) < 4.78 is 22.9. The molecule has 1 N–H and O–H groups in total. The smallest absolute Gasteiger partial charge is 0.248 e. The topological polar surface area (TPSA) is 69.9 Å². The Balaban J connectivity index is 1.77. The molecule has 1 heterocycles. The van der Waals surface area contributed by atoms with Crippen molar-refractivity contribution in [2.45, 2.75) is 27.2 Å². The van der Waals surface area contributed by atoms with E-state index in [1.807, 2.05) is 68.4 Å². The van der Waals surface area contributed by atoms with Gasteiger partial charge in [0.2, 0.25) is 5.91 Å². The third-order valence-electron chi connectivity index (χ3n) is 6.10. The number of hydrogen-bond donors (Lipinski definition) is 1. The number of allylic oxidation sites excluding steroid dienone is 1. The minimum absolute atomic E-state index is 0.196. The Hall–Kier alpha value is -4.19. The molecule has 36 heavy (non-hydrogen) atoms. The Morgan fingerprint density at radius 1 is 0.972 bits per heavy atom. The first-order chi connectivity index (χ1) is 17.5. The van der Waals surface area contributed by atoms with Gasteiger partial charge < -0.3 is 23.9 Å². The quantitative estimate of drug-likeness (QED) is 0.256. The second-order valence-corrected chi connectivity index (χ2v) is 8.32. The van der Waals surface area contributed by atoms with Gasteiger partial charge in [0.05, 0.1) is 27.1 Å². The van der Waals surface area contributed by atoms with Crippen LogP contribution >= 0.6 is 0 Å². The van der Waals surface area contributed by atoms with Crippen LogP contribution in [0.25, 0.3) is 27.7 Å². The monoisotopic (exact) mass is 485 g/mol. The lowest BCUT2D eigenvalue weighted by Gasteiger charge is -2.13. The van der Waals surface area contributed by atoms with Gasteiger partial charge in [0.25, 0.3) is 0 Å². The van der Waals surface area contributed by atoms with E-state index in [1.165, 1.54) is 0 Å². The number of aryl methyl sites for hydroxylation is 1. The standard InChI is InChI=1S/C30H31NO5/c1-6-20-10-8-9-11-26(20)31-30(32)14-19(3)22-16-24-25(18-36-29(24)17-28(22)35-7-2)23-15-21(33-4)12-13-27(23)34-5/h8-18H,6-7H2,1-5H3,(H,31,32)/b19-14+. The minimum atomic E-state index is -0.196. The predicted molar refractivity (Wildman–Crippen MR) is 144 cm³/mol. The van der Waals surface area contributed by atoms with Crippen molar-refractivity contribution in [2.24, 2.45) is 0 Å². The third kappa shape index (κ3) is 5.08. The molecule has 0 aliphatic rings. The molecule has 0 unspecified atom stereocenters. The van der Waals surface area contributed by atoms with E-state index in [0.29, 0.717) is 29.4 Å². The lowest BCUT2D eigenvalue weighted by atomic mass is 9.98. The van der Waals surface area contributed by atoms with Crippen molar-refractivity contribution in [1.29, 1.82) is 0 Å². The first-order valence-electron chi connectivity index (χ1n) is 12.0. The van der Waals surface area contributed by atoms with Crippen molar-refractivity contribution in [3.8, 4) is 28.4 Å². The van der Waals surface area contributed by atoms with Crippen LogP contribution in [-0.4, -0.2) is 26.7 Å². The summed E-state index contributed by atoms with van der Waals surface area (Å²) in [5.74, 6) is 1.87. The Kier molecular flexibility index (Phi) is 7.64. The highest BCUT2D eigenvalue weighted by Crippen LogP contribution is 2.41. The lowest BCUT2D eigenvalue weighted by Crippen LogP contribution is -2.10. The average molecular weight is 486 g/mol. The number of anilines is 1. The van der Waals surface area contributed by atoms with Gasteiger partial charge in [0, 0.05) is 39.9 Å². The molecule has 4 aromatic rings. The summed E-state index contributed by atoms with van der Waals surface area (Å²) in [5, 5.41) is 3.88. The number of hydrogen-bond acceptors (Lipinski definition) is 5. The number of amides is 1. The number of rotatable bonds is 9. The van der Waals surface area contributed by atoms with Gasteiger partial charge in [-0.15, -0.1) is 0 Å². The molecule has 0 aliphatic heterocycles. The average Bonchev–Trinajstić information content (AvgIpc) is 3.30. The van der Waals surface area contributed by atoms with Crippen LogP contribution in [0.15, 0.2) is 71.4 Å². The molecule has 0 aliphatic carbocycles. The Morgan fingerprint density at radius 3 is 2.50 bits per heavy atom. The number of methoxy groups -OCH3 is 2. The second kappa shape index (κ2) is 11.0. The summed E-state index contributed by atoms with van der Waals surface area (Å²) >= 11 is 0. The fourth-order valence-electron chi connectivity index (χ4n) is 4.27. The van der Waals surface area contributed by atoms with E-state index in [9.17, 15) is 4.79 Å².